The van der Waals surface area contributed by atoms with Crippen molar-refractivity contribution in [2.45, 2.75) is 25.8 Å². The third-order valence-electron chi connectivity index (χ3n) is 3.76. The van der Waals surface area contributed by atoms with E-state index in [9.17, 15) is 14.5 Å². The minimum atomic E-state index is -0.492. The first-order valence-corrected chi connectivity index (χ1v) is 7.33. The molecule has 1 saturated heterocycles. The highest BCUT2D eigenvalue weighted by molar-refractivity contribution is 9.10. The van der Waals surface area contributed by atoms with Crippen LogP contribution in [0.2, 0.25) is 0 Å². The van der Waals surface area contributed by atoms with Gasteiger partial charge in [0, 0.05) is 31.3 Å². The number of halogens is 2. The highest BCUT2D eigenvalue weighted by Gasteiger charge is 2.28. The standard InChI is InChI=1S/C13H17BrFN3O2/c1-8(16)9-3-2-4-17(7-9)12-6-11(15)10(14)5-13(12)18(19)20/h5-6,8-9H,2-4,7,16H2,1H3. The van der Waals surface area contributed by atoms with Gasteiger partial charge in [-0.2, -0.15) is 0 Å². The highest BCUT2D eigenvalue weighted by atomic mass is 79.9. The molecule has 0 amide bonds. The molecule has 0 spiro atoms. The molecule has 1 aromatic carbocycles. The zero-order valence-corrected chi connectivity index (χ0v) is 12.8. The summed E-state index contributed by atoms with van der Waals surface area (Å²) >= 11 is 2.99. The van der Waals surface area contributed by atoms with Gasteiger partial charge in [0.25, 0.3) is 5.69 Å². The summed E-state index contributed by atoms with van der Waals surface area (Å²) in [7, 11) is 0. The Hall–Kier alpha value is -1.21. The molecule has 1 aromatic rings. The van der Waals surface area contributed by atoms with Gasteiger partial charge in [0.2, 0.25) is 0 Å². The number of nitro benzene ring substituents is 1. The lowest BCUT2D eigenvalue weighted by Gasteiger charge is -2.35. The van der Waals surface area contributed by atoms with E-state index >= 15 is 0 Å². The number of hydrogen-bond donors (Lipinski definition) is 1. The normalized spacial score (nSPS) is 20.8. The van der Waals surface area contributed by atoms with Crippen LogP contribution >= 0.6 is 15.9 Å². The van der Waals surface area contributed by atoms with Crippen LogP contribution < -0.4 is 10.6 Å². The molecule has 0 radical (unpaired) electrons. The number of nitrogens with zero attached hydrogens (tertiary/aromatic N) is 2. The van der Waals surface area contributed by atoms with Gasteiger partial charge in [-0.15, -0.1) is 0 Å². The molecule has 1 aliphatic rings. The maximum atomic E-state index is 13.7. The molecule has 0 bridgehead atoms. The third kappa shape index (κ3) is 3.09. The summed E-state index contributed by atoms with van der Waals surface area (Å²) in [6, 6.07) is 2.48. The molecule has 0 saturated carbocycles. The van der Waals surface area contributed by atoms with Gasteiger partial charge in [-0.1, -0.05) is 0 Å². The molecule has 1 heterocycles. The highest BCUT2D eigenvalue weighted by Crippen LogP contribution is 2.35. The van der Waals surface area contributed by atoms with E-state index in [1.807, 2.05) is 11.8 Å². The Labute approximate surface area is 125 Å². The summed E-state index contributed by atoms with van der Waals surface area (Å²) < 4.78 is 13.8. The predicted octanol–water partition coefficient (Wildman–Crippen LogP) is 3.06. The van der Waals surface area contributed by atoms with Crippen molar-refractivity contribution in [2.75, 3.05) is 18.0 Å². The van der Waals surface area contributed by atoms with Crippen molar-refractivity contribution in [1.29, 1.82) is 0 Å². The van der Waals surface area contributed by atoms with Gasteiger partial charge in [-0.05, 0) is 41.6 Å². The number of piperidine rings is 1. The van der Waals surface area contributed by atoms with Crippen molar-refractivity contribution in [1.82, 2.24) is 0 Å². The smallest absolute Gasteiger partial charge is 0.293 e. The molecule has 2 rings (SSSR count). The lowest BCUT2D eigenvalue weighted by atomic mass is 9.92. The van der Waals surface area contributed by atoms with Crippen LogP contribution in [0, 0.1) is 21.8 Å². The monoisotopic (exact) mass is 345 g/mol. The number of hydrogen-bond acceptors (Lipinski definition) is 4. The van der Waals surface area contributed by atoms with E-state index in [0.717, 1.165) is 12.8 Å². The SMILES string of the molecule is CC(N)C1CCCN(c2cc(F)c(Br)cc2[N+](=O)[O-])C1. The summed E-state index contributed by atoms with van der Waals surface area (Å²) in [5.41, 5.74) is 6.17. The summed E-state index contributed by atoms with van der Waals surface area (Å²) in [5.74, 6) is -0.219. The van der Waals surface area contributed by atoms with Crippen LogP contribution in [0.1, 0.15) is 19.8 Å². The summed E-state index contributed by atoms with van der Waals surface area (Å²) in [5, 5.41) is 11.2. The maximum absolute atomic E-state index is 13.7. The molecule has 0 aliphatic carbocycles. The average molecular weight is 346 g/mol. The molecule has 20 heavy (non-hydrogen) atoms. The molecule has 7 heteroatoms. The Kier molecular flexibility index (Phi) is 4.59. The van der Waals surface area contributed by atoms with E-state index in [4.69, 9.17) is 5.73 Å². The van der Waals surface area contributed by atoms with E-state index in [1.165, 1.54) is 12.1 Å². The first-order valence-electron chi connectivity index (χ1n) is 6.54. The molecule has 1 fully saturated rings. The second kappa shape index (κ2) is 6.05. The average Bonchev–Trinajstić information content (AvgIpc) is 2.41. The van der Waals surface area contributed by atoms with E-state index in [1.54, 1.807) is 0 Å². The minimum absolute atomic E-state index is 0.0251. The lowest BCUT2D eigenvalue weighted by molar-refractivity contribution is -0.384. The molecule has 110 valence electrons. The molecular formula is C13H17BrFN3O2. The predicted molar refractivity (Wildman–Crippen MR) is 79.3 cm³/mol. The first kappa shape index (κ1) is 15.2. The van der Waals surface area contributed by atoms with Crippen LogP contribution in [0.25, 0.3) is 0 Å². The zero-order valence-electron chi connectivity index (χ0n) is 11.2. The summed E-state index contributed by atoms with van der Waals surface area (Å²) in [4.78, 5) is 12.5. The number of nitro groups is 1. The van der Waals surface area contributed by atoms with Crippen molar-refractivity contribution in [3.05, 3.63) is 32.5 Å². The van der Waals surface area contributed by atoms with Gasteiger partial charge in [0.15, 0.2) is 0 Å². The van der Waals surface area contributed by atoms with Crippen LogP contribution in [-0.4, -0.2) is 24.1 Å². The number of benzene rings is 1. The minimum Gasteiger partial charge on any atom is -0.366 e. The van der Waals surface area contributed by atoms with Crippen LogP contribution in [0.5, 0.6) is 0 Å². The van der Waals surface area contributed by atoms with Gasteiger partial charge in [0.1, 0.15) is 11.5 Å². The Balaban J connectivity index is 2.36. The second-order valence-electron chi connectivity index (χ2n) is 5.22. The van der Waals surface area contributed by atoms with Gasteiger partial charge >= 0.3 is 0 Å². The van der Waals surface area contributed by atoms with E-state index < -0.39 is 10.7 Å². The Bertz CT molecular complexity index is 525. The van der Waals surface area contributed by atoms with Crippen molar-refractivity contribution in [3.63, 3.8) is 0 Å². The molecule has 2 unspecified atom stereocenters. The summed E-state index contributed by atoms with van der Waals surface area (Å²) in [6.07, 6.45) is 1.90. The van der Waals surface area contributed by atoms with Crippen molar-refractivity contribution in [2.24, 2.45) is 11.7 Å². The summed E-state index contributed by atoms with van der Waals surface area (Å²) in [6.45, 7) is 3.25. The Morgan fingerprint density at radius 3 is 2.90 bits per heavy atom. The first-order chi connectivity index (χ1) is 9.40. The zero-order chi connectivity index (χ0) is 14.9. The van der Waals surface area contributed by atoms with Crippen molar-refractivity contribution < 1.29 is 9.31 Å². The quantitative estimate of drug-likeness (QED) is 0.674. The lowest BCUT2D eigenvalue weighted by Crippen LogP contribution is -2.42. The van der Waals surface area contributed by atoms with Gasteiger partial charge in [0.05, 0.1) is 9.40 Å². The van der Waals surface area contributed by atoms with Gasteiger partial charge in [-0.25, -0.2) is 4.39 Å². The molecule has 5 nitrogen and oxygen atoms in total. The van der Waals surface area contributed by atoms with Gasteiger partial charge in [-0.3, -0.25) is 10.1 Å². The fourth-order valence-corrected chi connectivity index (χ4v) is 2.91. The van der Waals surface area contributed by atoms with Crippen LogP contribution in [-0.2, 0) is 0 Å². The van der Waals surface area contributed by atoms with Crippen LogP contribution in [0.15, 0.2) is 16.6 Å². The number of nitrogens with two attached hydrogens (primary N) is 1. The van der Waals surface area contributed by atoms with Crippen molar-refractivity contribution in [3.8, 4) is 0 Å². The Morgan fingerprint density at radius 2 is 2.30 bits per heavy atom. The topological polar surface area (TPSA) is 72.4 Å². The number of rotatable bonds is 3. The molecule has 1 aliphatic heterocycles. The van der Waals surface area contributed by atoms with E-state index in [0.29, 0.717) is 18.8 Å². The molecule has 0 aromatic heterocycles. The maximum Gasteiger partial charge on any atom is 0.293 e. The fraction of sp³-hybridized carbons (Fsp3) is 0.538. The number of anilines is 1. The van der Waals surface area contributed by atoms with Crippen LogP contribution in [0.4, 0.5) is 15.8 Å². The fourth-order valence-electron chi connectivity index (χ4n) is 2.58. The van der Waals surface area contributed by atoms with E-state index in [-0.39, 0.29) is 22.1 Å². The largest absolute Gasteiger partial charge is 0.366 e. The van der Waals surface area contributed by atoms with Crippen LogP contribution in [0.3, 0.4) is 0 Å². The molecular weight excluding hydrogens is 329 g/mol. The van der Waals surface area contributed by atoms with Crippen molar-refractivity contribution >= 4 is 27.3 Å². The second-order valence-corrected chi connectivity index (χ2v) is 6.07. The Morgan fingerprint density at radius 1 is 1.60 bits per heavy atom. The van der Waals surface area contributed by atoms with E-state index in [2.05, 4.69) is 15.9 Å². The third-order valence-corrected chi connectivity index (χ3v) is 4.36. The molecule has 2 atom stereocenters. The van der Waals surface area contributed by atoms with Gasteiger partial charge < -0.3 is 10.6 Å². The molecule has 2 N–H and O–H groups in total.